The molecule has 0 aliphatic heterocycles. The second-order valence-corrected chi connectivity index (χ2v) is 11.1. The normalized spacial score (nSPS) is 17.3. The predicted molar refractivity (Wildman–Crippen MR) is 161 cm³/mol. The molecule has 0 saturated heterocycles. The number of H-pyrrole nitrogens is 1. The van der Waals surface area contributed by atoms with E-state index in [1.54, 1.807) is 42.5 Å². The van der Waals surface area contributed by atoms with Crippen molar-refractivity contribution in [1.29, 1.82) is 0 Å². The highest BCUT2D eigenvalue weighted by Gasteiger charge is 2.32. The van der Waals surface area contributed by atoms with Gasteiger partial charge in [-0.1, -0.05) is 73.0 Å². The van der Waals surface area contributed by atoms with Crippen LogP contribution in [0.1, 0.15) is 69.4 Å². The largest absolute Gasteiger partial charge is 0.478 e. The smallest absolute Gasteiger partial charge is 0.336 e. The van der Waals surface area contributed by atoms with E-state index in [4.69, 9.17) is 34.8 Å². The summed E-state index contributed by atoms with van der Waals surface area (Å²) in [6, 6.07) is 14.2. The van der Waals surface area contributed by atoms with E-state index < -0.39 is 29.0 Å². The SMILES string of the molecule is CCCC(NC(=O)c1ccc(C2C(c3nc4cc(Cl)c(F)cc4[nH]3)=CC=C[C@@H]2Cl)c(C(=O)O)c1)c1ccc(Cl)cc1. The lowest BCUT2D eigenvalue weighted by atomic mass is 9.81. The Labute approximate surface area is 250 Å². The highest BCUT2D eigenvalue weighted by atomic mass is 35.5. The van der Waals surface area contributed by atoms with E-state index in [9.17, 15) is 19.1 Å². The standard InChI is InChI=1S/C31H25Cl3FN3O3/c1-2-4-25(16-7-10-18(32)11-8-16)38-30(39)17-9-12-19(21(13-17)31(40)41)28-20(5-3-6-22(28)33)29-36-26-14-23(34)24(35)15-27(26)37-29/h3,5-15,22,25,28H,2,4H2,1H3,(H,36,37)(H,38,39)(H,40,41)/t22-,25?,28?/m0/s1. The van der Waals surface area contributed by atoms with Crippen molar-refractivity contribution in [3.8, 4) is 0 Å². The Morgan fingerprint density at radius 3 is 2.59 bits per heavy atom. The second-order valence-electron chi connectivity index (χ2n) is 9.77. The van der Waals surface area contributed by atoms with Crippen LogP contribution in [0, 0.1) is 5.82 Å². The topological polar surface area (TPSA) is 95.1 Å². The molecule has 0 spiro atoms. The van der Waals surface area contributed by atoms with E-state index in [0.717, 1.165) is 12.0 Å². The zero-order chi connectivity index (χ0) is 29.3. The van der Waals surface area contributed by atoms with Gasteiger partial charge in [0.05, 0.1) is 33.0 Å². The number of allylic oxidation sites excluding steroid dienone is 4. The summed E-state index contributed by atoms with van der Waals surface area (Å²) in [5, 5.41) is 13.1. The highest BCUT2D eigenvalue weighted by Crippen LogP contribution is 2.41. The van der Waals surface area contributed by atoms with Gasteiger partial charge >= 0.3 is 5.97 Å². The third-order valence-corrected chi connectivity index (χ3v) is 8.00. The molecule has 41 heavy (non-hydrogen) atoms. The summed E-state index contributed by atoms with van der Waals surface area (Å²) in [6.07, 6.45) is 6.82. The van der Waals surface area contributed by atoms with E-state index in [-0.39, 0.29) is 22.2 Å². The molecule has 3 N–H and O–H groups in total. The van der Waals surface area contributed by atoms with Crippen LogP contribution in [0.15, 0.2) is 72.8 Å². The number of carboxylic acids is 1. The van der Waals surface area contributed by atoms with Crippen molar-refractivity contribution in [3.05, 3.63) is 117 Å². The molecule has 1 heterocycles. The fourth-order valence-corrected chi connectivity index (χ4v) is 5.70. The molecule has 1 aliphatic carbocycles. The number of nitrogens with zero attached hydrogens (tertiary/aromatic N) is 1. The van der Waals surface area contributed by atoms with Gasteiger partial charge in [0.2, 0.25) is 0 Å². The van der Waals surface area contributed by atoms with E-state index in [0.29, 0.717) is 39.4 Å². The number of nitrogens with one attached hydrogen (secondary N) is 2. The molecule has 210 valence electrons. The van der Waals surface area contributed by atoms with Crippen molar-refractivity contribution in [2.24, 2.45) is 0 Å². The van der Waals surface area contributed by atoms with Gasteiger partial charge in [-0.3, -0.25) is 4.79 Å². The summed E-state index contributed by atoms with van der Waals surface area (Å²) in [7, 11) is 0. The van der Waals surface area contributed by atoms with E-state index in [2.05, 4.69) is 15.3 Å². The third-order valence-electron chi connectivity index (χ3n) is 7.06. The van der Waals surface area contributed by atoms with Crippen LogP contribution in [0.5, 0.6) is 0 Å². The Bertz CT molecular complexity index is 1660. The monoisotopic (exact) mass is 611 g/mol. The van der Waals surface area contributed by atoms with Crippen molar-refractivity contribution in [2.75, 3.05) is 0 Å². The predicted octanol–water partition coefficient (Wildman–Crippen LogP) is 8.32. The molecule has 0 radical (unpaired) electrons. The van der Waals surface area contributed by atoms with E-state index in [1.165, 1.54) is 18.2 Å². The summed E-state index contributed by atoms with van der Waals surface area (Å²) >= 11 is 18.7. The Kier molecular flexibility index (Phi) is 8.50. The summed E-state index contributed by atoms with van der Waals surface area (Å²) < 4.78 is 14.1. The Balaban J connectivity index is 1.49. The molecule has 0 bridgehead atoms. The lowest BCUT2D eigenvalue weighted by Gasteiger charge is -2.27. The fraction of sp³-hybridized carbons (Fsp3) is 0.194. The van der Waals surface area contributed by atoms with Gasteiger partial charge in [0.15, 0.2) is 0 Å². The van der Waals surface area contributed by atoms with Gasteiger partial charge in [0.1, 0.15) is 11.6 Å². The first kappa shape index (κ1) is 28.9. The van der Waals surface area contributed by atoms with Crippen molar-refractivity contribution < 1.29 is 19.1 Å². The number of aromatic carboxylic acids is 1. The van der Waals surface area contributed by atoms with Crippen molar-refractivity contribution in [3.63, 3.8) is 0 Å². The van der Waals surface area contributed by atoms with Gasteiger partial charge in [0.25, 0.3) is 5.91 Å². The second kappa shape index (κ2) is 12.1. The number of hydrogen-bond acceptors (Lipinski definition) is 3. The van der Waals surface area contributed by atoms with Gasteiger partial charge in [-0.15, -0.1) is 11.6 Å². The minimum atomic E-state index is -1.20. The molecule has 1 aromatic heterocycles. The minimum Gasteiger partial charge on any atom is -0.478 e. The summed E-state index contributed by atoms with van der Waals surface area (Å²) in [5.41, 5.74) is 2.98. The summed E-state index contributed by atoms with van der Waals surface area (Å²) in [4.78, 5) is 33.4. The quantitative estimate of drug-likeness (QED) is 0.174. The van der Waals surface area contributed by atoms with Crippen LogP contribution in [-0.4, -0.2) is 32.3 Å². The molecule has 0 fully saturated rings. The van der Waals surface area contributed by atoms with Crippen molar-refractivity contribution in [1.82, 2.24) is 15.3 Å². The third kappa shape index (κ3) is 6.03. The van der Waals surface area contributed by atoms with Crippen molar-refractivity contribution in [2.45, 2.75) is 37.1 Å². The lowest BCUT2D eigenvalue weighted by molar-refractivity contribution is 0.0695. The maximum Gasteiger partial charge on any atom is 0.336 e. The van der Waals surface area contributed by atoms with Gasteiger partial charge in [0, 0.05) is 28.1 Å². The molecule has 1 amide bonds. The number of benzene rings is 3. The number of imidazole rings is 1. The first-order valence-electron chi connectivity index (χ1n) is 13.0. The molecular weight excluding hydrogens is 588 g/mol. The minimum absolute atomic E-state index is 0.0564. The number of carboxylic acid groups (broad SMARTS) is 1. The number of halogens is 4. The van der Waals surface area contributed by atoms with E-state index in [1.807, 2.05) is 19.1 Å². The molecule has 2 unspecified atom stereocenters. The lowest BCUT2D eigenvalue weighted by Crippen LogP contribution is -2.29. The number of hydrogen-bond donors (Lipinski definition) is 3. The number of carbonyl (C=O) groups is 2. The van der Waals surface area contributed by atoms with Crippen LogP contribution in [0.2, 0.25) is 10.0 Å². The number of amides is 1. The molecule has 3 aromatic carbocycles. The Morgan fingerprint density at radius 2 is 1.88 bits per heavy atom. The first-order valence-corrected chi connectivity index (χ1v) is 14.2. The molecule has 0 saturated carbocycles. The van der Waals surface area contributed by atoms with Gasteiger partial charge < -0.3 is 15.4 Å². The molecule has 1 aliphatic rings. The van der Waals surface area contributed by atoms with Gasteiger partial charge in [-0.05, 0) is 47.9 Å². The molecule has 6 nitrogen and oxygen atoms in total. The van der Waals surface area contributed by atoms with Crippen LogP contribution < -0.4 is 5.32 Å². The van der Waals surface area contributed by atoms with Crippen LogP contribution in [0.4, 0.5) is 4.39 Å². The Morgan fingerprint density at radius 1 is 1.12 bits per heavy atom. The fourth-order valence-electron chi connectivity index (χ4n) is 5.06. The number of carbonyl (C=O) groups excluding carboxylic acids is 1. The van der Waals surface area contributed by atoms with Crippen molar-refractivity contribution >= 4 is 63.3 Å². The van der Waals surface area contributed by atoms with Crippen LogP contribution in [0.3, 0.4) is 0 Å². The zero-order valence-electron chi connectivity index (χ0n) is 21.8. The Hall–Kier alpha value is -3.65. The highest BCUT2D eigenvalue weighted by molar-refractivity contribution is 6.31. The summed E-state index contributed by atoms with van der Waals surface area (Å²) in [5.74, 6) is -2.39. The maximum atomic E-state index is 14.1. The number of aromatic nitrogens is 2. The average Bonchev–Trinajstić information content (AvgIpc) is 3.35. The van der Waals surface area contributed by atoms with Crippen LogP contribution >= 0.6 is 34.8 Å². The summed E-state index contributed by atoms with van der Waals surface area (Å²) in [6.45, 7) is 2.02. The molecule has 4 aromatic rings. The molecule has 3 atom stereocenters. The maximum absolute atomic E-state index is 14.1. The van der Waals surface area contributed by atoms with Crippen LogP contribution in [-0.2, 0) is 0 Å². The van der Waals surface area contributed by atoms with Crippen LogP contribution in [0.25, 0.3) is 16.6 Å². The average molecular weight is 613 g/mol. The van der Waals surface area contributed by atoms with Gasteiger partial charge in [-0.2, -0.15) is 0 Å². The number of alkyl halides is 1. The zero-order valence-corrected chi connectivity index (χ0v) is 24.1. The van der Waals surface area contributed by atoms with E-state index >= 15 is 0 Å². The first-order chi connectivity index (χ1) is 19.7. The molecule has 5 rings (SSSR count). The number of rotatable bonds is 8. The number of fused-ring (bicyclic) bond motifs is 1. The number of aromatic amines is 1. The molecular formula is C31H25Cl3FN3O3. The molecule has 10 heteroatoms. The van der Waals surface area contributed by atoms with Gasteiger partial charge in [-0.25, -0.2) is 14.2 Å².